The van der Waals surface area contributed by atoms with Crippen LogP contribution in [0.25, 0.3) is 0 Å². The molecule has 0 bridgehead atoms. The van der Waals surface area contributed by atoms with Crippen molar-refractivity contribution in [3.8, 4) is 5.75 Å². The van der Waals surface area contributed by atoms with Gasteiger partial charge in [-0.2, -0.15) is 0 Å². The molecule has 0 saturated carbocycles. The number of primary amides is 1. The van der Waals surface area contributed by atoms with Crippen LogP contribution in [0.2, 0.25) is 0 Å². The van der Waals surface area contributed by atoms with Gasteiger partial charge in [-0.05, 0) is 19.9 Å². The van der Waals surface area contributed by atoms with Crippen LogP contribution in [0, 0.1) is 5.82 Å². The molecule has 17 heavy (non-hydrogen) atoms. The minimum absolute atomic E-state index is 0.228. The molecule has 0 aliphatic rings. The van der Waals surface area contributed by atoms with Crippen molar-refractivity contribution < 1.29 is 13.9 Å². The molecule has 0 aromatic heterocycles. The maximum absolute atomic E-state index is 13.6. The van der Waals surface area contributed by atoms with Crippen molar-refractivity contribution in [2.75, 3.05) is 7.11 Å². The van der Waals surface area contributed by atoms with Crippen LogP contribution >= 0.6 is 0 Å². The zero-order valence-electron chi connectivity index (χ0n) is 10.2. The van der Waals surface area contributed by atoms with E-state index in [0.717, 1.165) is 0 Å². The Kier molecular flexibility index (Phi) is 4.07. The SMILES string of the molecule is COc1ccc(CNC(C)(C)C(N)=O)c(F)c1. The van der Waals surface area contributed by atoms with E-state index >= 15 is 0 Å². The Morgan fingerprint density at radius 3 is 2.65 bits per heavy atom. The number of hydrogen-bond acceptors (Lipinski definition) is 3. The highest BCUT2D eigenvalue weighted by Crippen LogP contribution is 2.16. The van der Waals surface area contributed by atoms with Crippen LogP contribution in [0.4, 0.5) is 4.39 Å². The van der Waals surface area contributed by atoms with Gasteiger partial charge in [0.15, 0.2) is 0 Å². The summed E-state index contributed by atoms with van der Waals surface area (Å²) in [7, 11) is 1.48. The fourth-order valence-corrected chi connectivity index (χ4v) is 1.20. The molecule has 0 aliphatic carbocycles. The Bertz CT molecular complexity index is 419. The predicted molar refractivity (Wildman–Crippen MR) is 63.1 cm³/mol. The standard InChI is InChI=1S/C12H17FN2O2/c1-12(2,11(14)16)15-7-8-4-5-9(17-3)6-10(8)13/h4-6,15H,7H2,1-3H3,(H2,14,16). The minimum Gasteiger partial charge on any atom is -0.497 e. The molecule has 94 valence electrons. The molecule has 1 aromatic carbocycles. The molecule has 0 fully saturated rings. The molecule has 0 unspecified atom stereocenters. The number of hydrogen-bond donors (Lipinski definition) is 2. The van der Waals surface area contributed by atoms with E-state index in [-0.39, 0.29) is 12.4 Å². The molecule has 3 N–H and O–H groups in total. The van der Waals surface area contributed by atoms with E-state index in [1.165, 1.54) is 13.2 Å². The van der Waals surface area contributed by atoms with Crippen molar-refractivity contribution in [2.45, 2.75) is 25.9 Å². The largest absolute Gasteiger partial charge is 0.497 e. The van der Waals surface area contributed by atoms with Gasteiger partial charge in [-0.25, -0.2) is 4.39 Å². The molecular weight excluding hydrogens is 223 g/mol. The lowest BCUT2D eigenvalue weighted by atomic mass is 10.0. The number of amides is 1. The van der Waals surface area contributed by atoms with Crippen LogP contribution in [0.3, 0.4) is 0 Å². The molecule has 0 spiro atoms. The van der Waals surface area contributed by atoms with Crippen molar-refractivity contribution in [2.24, 2.45) is 5.73 Å². The molecular formula is C12H17FN2O2. The molecule has 4 nitrogen and oxygen atoms in total. The molecule has 0 atom stereocenters. The van der Waals surface area contributed by atoms with E-state index in [4.69, 9.17) is 10.5 Å². The molecule has 1 rings (SSSR count). The zero-order valence-corrected chi connectivity index (χ0v) is 10.2. The second-order valence-corrected chi connectivity index (χ2v) is 4.30. The molecule has 1 aromatic rings. The molecule has 0 saturated heterocycles. The normalized spacial score (nSPS) is 11.3. The van der Waals surface area contributed by atoms with E-state index in [1.54, 1.807) is 26.0 Å². The number of halogens is 1. The van der Waals surface area contributed by atoms with E-state index < -0.39 is 11.4 Å². The first-order chi connectivity index (χ1) is 7.86. The summed E-state index contributed by atoms with van der Waals surface area (Å²) in [5.41, 5.74) is 4.79. The average Bonchev–Trinajstić information content (AvgIpc) is 2.27. The quantitative estimate of drug-likeness (QED) is 0.812. The van der Waals surface area contributed by atoms with Crippen molar-refractivity contribution in [1.29, 1.82) is 0 Å². The number of carbonyl (C=O) groups excluding carboxylic acids is 1. The summed E-state index contributed by atoms with van der Waals surface area (Å²) in [6.45, 7) is 3.53. The van der Waals surface area contributed by atoms with Gasteiger partial charge in [-0.3, -0.25) is 10.1 Å². The average molecular weight is 240 g/mol. The Hall–Kier alpha value is -1.62. The summed E-state index contributed by atoms with van der Waals surface area (Å²) in [5.74, 6) is -0.399. The number of nitrogens with one attached hydrogen (secondary N) is 1. The number of ether oxygens (including phenoxy) is 1. The van der Waals surface area contributed by atoms with Crippen LogP contribution in [-0.2, 0) is 11.3 Å². The lowest BCUT2D eigenvalue weighted by molar-refractivity contribution is -0.123. The lowest BCUT2D eigenvalue weighted by Gasteiger charge is -2.22. The van der Waals surface area contributed by atoms with Gasteiger partial charge in [0.05, 0.1) is 12.6 Å². The number of methoxy groups -OCH3 is 1. The highest BCUT2D eigenvalue weighted by molar-refractivity contribution is 5.83. The van der Waals surface area contributed by atoms with Crippen LogP contribution in [0.1, 0.15) is 19.4 Å². The zero-order chi connectivity index (χ0) is 13.1. The number of carbonyl (C=O) groups is 1. The van der Waals surface area contributed by atoms with Gasteiger partial charge in [0.1, 0.15) is 11.6 Å². The topological polar surface area (TPSA) is 64.3 Å². The van der Waals surface area contributed by atoms with Gasteiger partial charge in [0, 0.05) is 18.2 Å². The van der Waals surface area contributed by atoms with Crippen molar-refractivity contribution in [1.82, 2.24) is 5.32 Å². The molecule has 0 heterocycles. The van der Waals surface area contributed by atoms with Crippen molar-refractivity contribution >= 4 is 5.91 Å². The van der Waals surface area contributed by atoms with E-state index in [9.17, 15) is 9.18 Å². The Morgan fingerprint density at radius 2 is 2.18 bits per heavy atom. The highest BCUT2D eigenvalue weighted by Gasteiger charge is 2.24. The van der Waals surface area contributed by atoms with Crippen LogP contribution in [0.15, 0.2) is 18.2 Å². The predicted octanol–water partition coefficient (Wildman–Crippen LogP) is 1.19. The molecule has 0 radical (unpaired) electrons. The number of rotatable bonds is 5. The van der Waals surface area contributed by atoms with E-state index in [2.05, 4.69) is 5.32 Å². The smallest absolute Gasteiger partial charge is 0.237 e. The van der Waals surface area contributed by atoms with Gasteiger partial charge >= 0.3 is 0 Å². The van der Waals surface area contributed by atoms with Gasteiger partial charge in [-0.15, -0.1) is 0 Å². The molecule has 0 aliphatic heterocycles. The summed E-state index contributed by atoms with van der Waals surface area (Å²) in [4.78, 5) is 11.1. The van der Waals surface area contributed by atoms with Crippen molar-refractivity contribution in [3.05, 3.63) is 29.6 Å². The summed E-state index contributed by atoms with van der Waals surface area (Å²) < 4.78 is 18.5. The summed E-state index contributed by atoms with van der Waals surface area (Å²) >= 11 is 0. The first-order valence-electron chi connectivity index (χ1n) is 5.24. The molecule has 1 amide bonds. The second-order valence-electron chi connectivity index (χ2n) is 4.30. The Morgan fingerprint density at radius 1 is 1.53 bits per heavy atom. The van der Waals surface area contributed by atoms with Crippen LogP contribution in [-0.4, -0.2) is 18.6 Å². The number of benzene rings is 1. The Labute approximate surface area is 100.0 Å². The maximum atomic E-state index is 13.6. The summed E-state index contributed by atoms with van der Waals surface area (Å²) in [6, 6.07) is 4.57. The summed E-state index contributed by atoms with van der Waals surface area (Å²) in [5, 5.41) is 2.90. The first-order valence-corrected chi connectivity index (χ1v) is 5.24. The fraction of sp³-hybridized carbons (Fsp3) is 0.417. The van der Waals surface area contributed by atoms with Crippen molar-refractivity contribution in [3.63, 3.8) is 0 Å². The Balaban J connectivity index is 2.73. The van der Waals surface area contributed by atoms with Crippen LogP contribution in [0.5, 0.6) is 5.75 Å². The van der Waals surface area contributed by atoms with Gasteiger partial charge < -0.3 is 10.5 Å². The fourth-order valence-electron chi connectivity index (χ4n) is 1.20. The van der Waals surface area contributed by atoms with Gasteiger partial charge in [0.2, 0.25) is 5.91 Å². The highest BCUT2D eigenvalue weighted by atomic mass is 19.1. The van der Waals surface area contributed by atoms with E-state index in [1.807, 2.05) is 0 Å². The monoisotopic (exact) mass is 240 g/mol. The second kappa shape index (κ2) is 5.14. The minimum atomic E-state index is -0.869. The third-order valence-corrected chi connectivity index (χ3v) is 2.60. The molecule has 5 heteroatoms. The van der Waals surface area contributed by atoms with E-state index in [0.29, 0.717) is 11.3 Å². The van der Waals surface area contributed by atoms with Crippen LogP contribution < -0.4 is 15.8 Å². The van der Waals surface area contributed by atoms with Gasteiger partial charge in [0.25, 0.3) is 0 Å². The third kappa shape index (κ3) is 3.42. The summed E-state index contributed by atoms with van der Waals surface area (Å²) in [6.07, 6.45) is 0. The van der Waals surface area contributed by atoms with Gasteiger partial charge in [-0.1, -0.05) is 6.07 Å². The third-order valence-electron chi connectivity index (χ3n) is 2.60. The maximum Gasteiger partial charge on any atom is 0.237 e. The number of nitrogens with two attached hydrogens (primary N) is 1. The first kappa shape index (κ1) is 13.4. The lowest BCUT2D eigenvalue weighted by Crippen LogP contribution is -2.50.